The van der Waals surface area contributed by atoms with E-state index in [9.17, 15) is 0 Å². The highest BCUT2D eigenvalue weighted by atomic mass is 16.5. The quantitative estimate of drug-likeness (QED) is 0.852. The molecule has 0 amide bonds. The molecule has 2 heterocycles. The summed E-state index contributed by atoms with van der Waals surface area (Å²) in [5.41, 5.74) is 2.08. The van der Waals surface area contributed by atoms with Crippen LogP contribution < -0.4 is 5.32 Å². The lowest BCUT2D eigenvalue weighted by atomic mass is 10.0. The summed E-state index contributed by atoms with van der Waals surface area (Å²) in [6, 6.07) is 8.06. The van der Waals surface area contributed by atoms with Crippen LogP contribution in [0.4, 0.5) is 5.95 Å². The minimum absolute atomic E-state index is 0.354. The molecule has 1 aliphatic rings. The van der Waals surface area contributed by atoms with Gasteiger partial charge in [0.2, 0.25) is 5.95 Å². The number of hydrogen-bond acceptors (Lipinski definition) is 3. The highest BCUT2D eigenvalue weighted by Crippen LogP contribution is 2.21. The van der Waals surface area contributed by atoms with E-state index in [1.54, 1.807) is 0 Å². The Labute approximate surface area is 100 Å². The van der Waals surface area contributed by atoms with Crippen LogP contribution in [0.5, 0.6) is 0 Å². The molecule has 1 aromatic heterocycles. The van der Waals surface area contributed by atoms with Gasteiger partial charge in [0.25, 0.3) is 0 Å². The van der Waals surface area contributed by atoms with E-state index in [2.05, 4.69) is 22.2 Å². The molecule has 1 aromatic carbocycles. The number of benzene rings is 1. The number of para-hydroxylation sites is 2. The third kappa shape index (κ3) is 2.13. The Morgan fingerprint density at radius 1 is 1.47 bits per heavy atom. The summed E-state index contributed by atoms with van der Waals surface area (Å²) in [7, 11) is 0. The first-order valence-electron chi connectivity index (χ1n) is 6.13. The third-order valence-electron chi connectivity index (χ3n) is 3.45. The molecule has 1 aliphatic heterocycles. The van der Waals surface area contributed by atoms with E-state index in [1.807, 2.05) is 24.3 Å². The Morgan fingerprint density at radius 2 is 2.35 bits per heavy atom. The van der Waals surface area contributed by atoms with Crippen LogP contribution in [0.15, 0.2) is 24.3 Å². The zero-order valence-electron chi connectivity index (χ0n) is 9.94. The van der Waals surface area contributed by atoms with E-state index >= 15 is 0 Å². The Hall–Kier alpha value is -1.55. The lowest BCUT2D eigenvalue weighted by Gasteiger charge is -2.13. The molecule has 0 aliphatic carbocycles. The lowest BCUT2D eigenvalue weighted by molar-refractivity contribution is 0.108. The molecule has 4 heteroatoms. The van der Waals surface area contributed by atoms with Crippen LogP contribution in [-0.4, -0.2) is 29.2 Å². The molecule has 17 heavy (non-hydrogen) atoms. The van der Waals surface area contributed by atoms with Crippen LogP contribution in [0.1, 0.15) is 13.3 Å². The van der Waals surface area contributed by atoms with E-state index in [4.69, 9.17) is 4.74 Å². The van der Waals surface area contributed by atoms with E-state index in [-0.39, 0.29) is 0 Å². The van der Waals surface area contributed by atoms with Crippen LogP contribution in [0.3, 0.4) is 0 Å². The number of imidazole rings is 1. The highest BCUT2D eigenvalue weighted by molar-refractivity contribution is 5.77. The van der Waals surface area contributed by atoms with Gasteiger partial charge >= 0.3 is 0 Å². The van der Waals surface area contributed by atoms with Gasteiger partial charge < -0.3 is 15.0 Å². The monoisotopic (exact) mass is 231 g/mol. The molecule has 2 N–H and O–H groups in total. The third-order valence-corrected chi connectivity index (χ3v) is 3.45. The number of ether oxygens (including phenoxy) is 1. The van der Waals surface area contributed by atoms with Crippen LogP contribution >= 0.6 is 0 Å². The topological polar surface area (TPSA) is 49.9 Å². The molecule has 2 aromatic rings. The summed E-state index contributed by atoms with van der Waals surface area (Å²) >= 11 is 0. The summed E-state index contributed by atoms with van der Waals surface area (Å²) in [5, 5.41) is 3.36. The van der Waals surface area contributed by atoms with Crippen molar-refractivity contribution in [3.63, 3.8) is 0 Å². The number of aromatic nitrogens is 2. The van der Waals surface area contributed by atoms with Gasteiger partial charge in [-0.1, -0.05) is 12.1 Å². The fourth-order valence-corrected chi connectivity index (χ4v) is 2.31. The number of nitrogens with one attached hydrogen (secondary N) is 2. The van der Waals surface area contributed by atoms with Gasteiger partial charge in [0.15, 0.2) is 0 Å². The van der Waals surface area contributed by atoms with Gasteiger partial charge in [0, 0.05) is 19.1 Å². The Bertz CT molecular complexity index is 475. The van der Waals surface area contributed by atoms with Crippen LogP contribution in [-0.2, 0) is 4.74 Å². The van der Waals surface area contributed by atoms with Gasteiger partial charge in [-0.2, -0.15) is 0 Å². The number of aromatic amines is 1. The van der Waals surface area contributed by atoms with Crippen LogP contribution in [0, 0.1) is 5.92 Å². The normalized spacial score (nSPS) is 24.3. The number of anilines is 1. The zero-order valence-corrected chi connectivity index (χ0v) is 9.94. The highest BCUT2D eigenvalue weighted by Gasteiger charge is 2.23. The molecule has 1 saturated heterocycles. The second kappa shape index (κ2) is 4.37. The summed E-state index contributed by atoms with van der Waals surface area (Å²) in [6.07, 6.45) is 1.49. The molecular formula is C13H17N3O. The maximum atomic E-state index is 5.54. The average Bonchev–Trinajstić information content (AvgIpc) is 2.92. The molecule has 0 spiro atoms. The predicted octanol–water partition coefficient (Wildman–Crippen LogP) is 2.40. The fraction of sp³-hybridized carbons (Fsp3) is 0.462. The number of hydrogen-bond donors (Lipinski definition) is 2. The first kappa shape index (κ1) is 10.6. The maximum absolute atomic E-state index is 5.54. The van der Waals surface area contributed by atoms with Crippen molar-refractivity contribution in [3.8, 4) is 0 Å². The molecular weight excluding hydrogens is 214 g/mol. The van der Waals surface area contributed by atoms with E-state index in [1.165, 1.54) is 0 Å². The molecule has 0 radical (unpaired) electrons. The molecule has 1 fully saturated rings. The van der Waals surface area contributed by atoms with Crippen molar-refractivity contribution in [1.29, 1.82) is 0 Å². The average molecular weight is 231 g/mol. The van der Waals surface area contributed by atoms with Crippen molar-refractivity contribution in [2.45, 2.75) is 19.4 Å². The molecule has 90 valence electrons. The Morgan fingerprint density at radius 3 is 3.12 bits per heavy atom. The van der Waals surface area contributed by atoms with Gasteiger partial charge in [0.1, 0.15) is 0 Å². The fourth-order valence-electron chi connectivity index (χ4n) is 2.31. The van der Waals surface area contributed by atoms with Gasteiger partial charge in [-0.05, 0) is 25.5 Å². The second-order valence-corrected chi connectivity index (χ2v) is 4.61. The van der Waals surface area contributed by atoms with Crippen LogP contribution in [0.25, 0.3) is 11.0 Å². The van der Waals surface area contributed by atoms with Gasteiger partial charge in [-0.15, -0.1) is 0 Å². The standard InChI is InChI=1S/C13H17N3O/c1-9-10(6-7-17-9)8-14-13-15-11-4-2-3-5-12(11)16-13/h2-5,9-10H,6-8H2,1H3,(H2,14,15,16). The molecule has 2 atom stereocenters. The summed E-state index contributed by atoms with van der Waals surface area (Å²) in [4.78, 5) is 7.76. The predicted molar refractivity (Wildman–Crippen MR) is 68.1 cm³/mol. The largest absolute Gasteiger partial charge is 0.378 e. The number of nitrogens with zero attached hydrogens (tertiary/aromatic N) is 1. The smallest absolute Gasteiger partial charge is 0.201 e. The number of fused-ring (bicyclic) bond motifs is 1. The molecule has 4 nitrogen and oxygen atoms in total. The van der Waals surface area contributed by atoms with Crippen molar-refractivity contribution in [1.82, 2.24) is 9.97 Å². The Kier molecular flexibility index (Phi) is 2.73. The summed E-state index contributed by atoms with van der Waals surface area (Å²) in [5.74, 6) is 1.44. The molecule has 0 bridgehead atoms. The summed E-state index contributed by atoms with van der Waals surface area (Å²) in [6.45, 7) is 3.94. The van der Waals surface area contributed by atoms with E-state index in [0.717, 1.165) is 36.6 Å². The van der Waals surface area contributed by atoms with Crippen molar-refractivity contribution < 1.29 is 4.74 Å². The van der Waals surface area contributed by atoms with E-state index in [0.29, 0.717) is 12.0 Å². The van der Waals surface area contributed by atoms with E-state index < -0.39 is 0 Å². The van der Waals surface area contributed by atoms with Crippen molar-refractivity contribution in [2.24, 2.45) is 5.92 Å². The lowest BCUT2D eigenvalue weighted by Crippen LogP contribution is -2.21. The van der Waals surface area contributed by atoms with Crippen LogP contribution in [0.2, 0.25) is 0 Å². The zero-order chi connectivity index (χ0) is 11.7. The summed E-state index contributed by atoms with van der Waals surface area (Å²) < 4.78 is 5.54. The van der Waals surface area contributed by atoms with Crippen molar-refractivity contribution in [3.05, 3.63) is 24.3 Å². The van der Waals surface area contributed by atoms with Crippen molar-refractivity contribution in [2.75, 3.05) is 18.5 Å². The maximum Gasteiger partial charge on any atom is 0.201 e. The number of H-pyrrole nitrogens is 1. The minimum Gasteiger partial charge on any atom is -0.378 e. The Balaban J connectivity index is 1.68. The first-order chi connectivity index (χ1) is 8.33. The minimum atomic E-state index is 0.354. The van der Waals surface area contributed by atoms with Gasteiger partial charge in [0.05, 0.1) is 17.1 Å². The van der Waals surface area contributed by atoms with Gasteiger partial charge in [-0.3, -0.25) is 0 Å². The number of rotatable bonds is 3. The molecule has 2 unspecified atom stereocenters. The molecule has 0 saturated carbocycles. The molecule has 3 rings (SSSR count). The van der Waals surface area contributed by atoms with Gasteiger partial charge in [-0.25, -0.2) is 4.98 Å². The van der Waals surface area contributed by atoms with Crippen molar-refractivity contribution >= 4 is 17.0 Å². The SMILES string of the molecule is CC1OCCC1CNc1nc2ccccc2[nH]1. The second-order valence-electron chi connectivity index (χ2n) is 4.61. The first-order valence-corrected chi connectivity index (χ1v) is 6.13.